The highest BCUT2D eigenvalue weighted by Gasteiger charge is 2.19. The van der Waals surface area contributed by atoms with Crippen molar-refractivity contribution in [3.63, 3.8) is 0 Å². The number of anilines is 1. The highest BCUT2D eigenvalue weighted by atomic mass is 79.9. The van der Waals surface area contributed by atoms with Gasteiger partial charge in [-0.25, -0.2) is 14.0 Å². The van der Waals surface area contributed by atoms with Crippen molar-refractivity contribution in [2.45, 2.75) is 39.2 Å². The average Bonchev–Trinajstić information content (AvgIpc) is 2.40. The van der Waals surface area contributed by atoms with Gasteiger partial charge in [-0.15, -0.1) is 0 Å². The fourth-order valence-electron chi connectivity index (χ4n) is 1.76. The number of carboxylic acid groups (broad SMARTS) is 1. The number of amides is 2. The van der Waals surface area contributed by atoms with Gasteiger partial charge in [-0.2, -0.15) is 0 Å². The monoisotopic (exact) mass is 360 g/mol. The van der Waals surface area contributed by atoms with Gasteiger partial charge < -0.3 is 15.7 Å². The van der Waals surface area contributed by atoms with Crippen molar-refractivity contribution in [2.24, 2.45) is 0 Å². The second-order valence-corrected chi connectivity index (χ2v) is 5.57. The number of urea groups is 1. The smallest absolute Gasteiger partial charge is 0.326 e. The number of nitrogens with one attached hydrogen (secondary N) is 2. The first-order chi connectivity index (χ1) is 9.85. The van der Waals surface area contributed by atoms with Crippen LogP contribution in [-0.4, -0.2) is 23.1 Å². The summed E-state index contributed by atoms with van der Waals surface area (Å²) in [5, 5.41) is 14.0. The van der Waals surface area contributed by atoms with Crippen molar-refractivity contribution in [1.29, 1.82) is 0 Å². The minimum absolute atomic E-state index is 0.226. The van der Waals surface area contributed by atoms with E-state index in [0.29, 0.717) is 24.1 Å². The van der Waals surface area contributed by atoms with Crippen LogP contribution in [0.2, 0.25) is 0 Å². The summed E-state index contributed by atoms with van der Waals surface area (Å²) in [7, 11) is 0. The topological polar surface area (TPSA) is 78.4 Å². The second kappa shape index (κ2) is 7.97. The van der Waals surface area contributed by atoms with E-state index in [9.17, 15) is 14.0 Å². The summed E-state index contributed by atoms with van der Waals surface area (Å²) in [5.41, 5.74) is 0.965. The lowest BCUT2D eigenvalue weighted by atomic mass is 10.1. The van der Waals surface area contributed by atoms with Crippen LogP contribution in [0.25, 0.3) is 0 Å². The summed E-state index contributed by atoms with van der Waals surface area (Å²) in [6.45, 7) is 3.59. The van der Waals surface area contributed by atoms with Crippen LogP contribution >= 0.6 is 15.9 Å². The first-order valence-electron chi connectivity index (χ1n) is 6.61. The van der Waals surface area contributed by atoms with Crippen molar-refractivity contribution in [3.8, 4) is 0 Å². The van der Waals surface area contributed by atoms with Crippen LogP contribution < -0.4 is 10.6 Å². The Bertz CT molecular complexity index is 537. The number of hydrogen-bond donors (Lipinski definition) is 3. The maximum Gasteiger partial charge on any atom is 0.326 e. The normalized spacial score (nSPS) is 11.8. The SMILES string of the molecule is CCCCC(NC(=O)Nc1cc(Br)c(F)cc1C)C(=O)O. The van der Waals surface area contributed by atoms with Crippen molar-refractivity contribution in [2.75, 3.05) is 5.32 Å². The first kappa shape index (κ1) is 17.4. The molecule has 1 aromatic carbocycles. The zero-order valence-corrected chi connectivity index (χ0v) is 13.5. The molecule has 0 fully saturated rings. The highest BCUT2D eigenvalue weighted by Crippen LogP contribution is 2.24. The Morgan fingerprint density at radius 1 is 1.43 bits per heavy atom. The zero-order chi connectivity index (χ0) is 16.0. The molecule has 2 amide bonds. The van der Waals surface area contributed by atoms with Gasteiger partial charge >= 0.3 is 12.0 Å². The molecule has 0 bridgehead atoms. The molecule has 0 spiro atoms. The summed E-state index contributed by atoms with van der Waals surface area (Å²) in [4.78, 5) is 22.9. The molecule has 0 aliphatic heterocycles. The van der Waals surface area contributed by atoms with E-state index >= 15 is 0 Å². The van der Waals surface area contributed by atoms with E-state index < -0.39 is 23.9 Å². The van der Waals surface area contributed by atoms with Gasteiger partial charge in [-0.3, -0.25) is 0 Å². The fourth-order valence-corrected chi connectivity index (χ4v) is 2.11. The van der Waals surface area contributed by atoms with Gasteiger partial charge in [-0.1, -0.05) is 19.8 Å². The molecule has 1 atom stereocenters. The number of benzene rings is 1. The summed E-state index contributed by atoms with van der Waals surface area (Å²) in [6, 6.07) is 1.16. The Labute approximate surface area is 131 Å². The van der Waals surface area contributed by atoms with E-state index in [1.807, 2.05) is 6.92 Å². The number of carboxylic acids is 1. The number of rotatable bonds is 6. The summed E-state index contributed by atoms with van der Waals surface area (Å²) >= 11 is 3.04. The van der Waals surface area contributed by atoms with Gasteiger partial charge in [0.1, 0.15) is 11.9 Å². The lowest BCUT2D eigenvalue weighted by molar-refractivity contribution is -0.139. The predicted octanol–water partition coefficient (Wildman–Crippen LogP) is 3.66. The number of carbonyl (C=O) groups is 2. The van der Waals surface area contributed by atoms with Crippen molar-refractivity contribution in [1.82, 2.24) is 5.32 Å². The minimum Gasteiger partial charge on any atom is -0.480 e. The first-order valence-corrected chi connectivity index (χ1v) is 7.40. The third-order valence-corrected chi connectivity index (χ3v) is 3.57. The molecule has 5 nitrogen and oxygen atoms in total. The molecule has 0 radical (unpaired) electrons. The average molecular weight is 361 g/mol. The van der Waals surface area contributed by atoms with Gasteiger partial charge in [0.15, 0.2) is 0 Å². The molecule has 0 saturated carbocycles. The van der Waals surface area contributed by atoms with Crippen LogP contribution in [0.3, 0.4) is 0 Å². The van der Waals surface area contributed by atoms with Crippen molar-refractivity contribution < 1.29 is 19.1 Å². The molecule has 0 aliphatic rings. The van der Waals surface area contributed by atoms with Crippen LogP contribution in [-0.2, 0) is 4.79 Å². The summed E-state index contributed by atoms with van der Waals surface area (Å²) < 4.78 is 13.5. The molecule has 0 saturated heterocycles. The molecule has 1 aromatic rings. The Morgan fingerprint density at radius 3 is 2.67 bits per heavy atom. The van der Waals surface area contributed by atoms with Crippen LogP contribution in [0.5, 0.6) is 0 Å². The van der Waals surface area contributed by atoms with Crippen LogP contribution in [0, 0.1) is 12.7 Å². The molecular weight excluding hydrogens is 343 g/mol. The molecule has 0 aromatic heterocycles. The van der Waals surface area contributed by atoms with Crippen LogP contribution in [0.4, 0.5) is 14.9 Å². The lowest BCUT2D eigenvalue weighted by Crippen LogP contribution is -2.43. The minimum atomic E-state index is -1.07. The van der Waals surface area contributed by atoms with Crippen LogP contribution in [0.1, 0.15) is 31.7 Å². The van der Waals surface area contributed by atoms with Gasteiger partial charge in [-0.05, 0) is 47.0 Å². The summed E-state index contributed by atoms with van der Waals surface area (Å²) in [5.74, 6) is -1.50. The summed E-state index contributed by atoms with van der Waals surface area (Å²) in [6.07, 6.45) is 1.92. The molecule has 21 heavy (non-hydrogen) atoms. The third kappa shape index (κ3) is 5.34. The maximum atomic E-state index is 13.3. The lowest BCUT2D eigenvalue weighted by Gasteiger charge is -2.16. The Balaban J connectivity index is 2.72. The number of unbranched alkanes of at least 4 members (excludes halogenated alkanes) is 1. The van der Waals surface area contributed by atoms with E-state index in [-0.39, 0.29) is 4.47 Å². The third-order valence-electron chi connectivity index (χ3n) is 2.97. The molecule has 1 unspecified atom stereocenters. The predicted molar refractivity (Wildman–Crippen MR) is 81.9 cm³/mol. The molecule has 1 rings (SSSR count). The van der Waals surface area contributed by atoms with Gasteiger partial charge in [0, 0.05) is 5.69 Å². The largest absolute Gasteiger partial charge is 0.480 e. The molecular formula is C14H18BrFN2O3. The van der Waals surface area contributed by atoms with Gasteiger partial charge in [0.2, 0.25) is 0 Å². The zero-order valence-electron chi connectivity index (χ0n) is 11.9. The Morgan fingerprint density at radius 2 is 2.10 bits per heavy atom. The van der Waals surface area contributed by atoms with Gasteiger partial charge in [0.05, 0.1) is 4.47 Å². The van der Waals surface area contributed by atoms with E-state index in [1.54, 1.807) is 6.92 Å². The number of carbonyl (C=O) groups excluding carboxylic acids is 1. The number of aliphatic carboxylic acids is 1. The number of aryl methyl sites for hydroxylation is 1. The van der Waals surface area contributed by atoms with E-state index in [1.165, 1.54) is 12.1 Å². The fraction of sp³-hybridized carbons (Fsp3) is 0.429. The van der Waals surface area contributed by atoms with E-state index in [0.717, 1.165) is 6.42 Å². The molecule has 0 aliphatic carbocycles. The molecule has 7 heteroatoms. The van der Waals surface area contributed by atoms with E-state index in [2.05, 4.69) is 26.6 Å². The van der Waals surface area contributed by atoms with Crippen molar-refractivity contribution >= 4 is 33.6 Å². The van der Waals surface area contributed by atoms with E-state index in [4.69, 9.17) is 5.11 Å². The maximum absolute atomic E-state index is 13.3. The quantitative estimate of drug-likeness (QED) is 0.724. The molecule has 3 N–H and O–H groups in total. The number of halogens is 2. The standard InChI is InChI=1S/C14H18BrFN2O3/c1-3-4-5-11(13(19)20)17-14(21)18-12-7-9(15)10(16)6-8(12)2/h6-7,11H,3-5H2,1-2H3,(H,19,20)(H2,17,18,21). The Hall–Kier alpha value is -1.63. The highest BCUT2D eigenvalue weighted by molar-refractivity contribution is 9.10. The Kier molecular flexibility index (Phi) is 6.61. The van der Waals surface area contributed by atoms with Gasteiger partial charge in [0.25, 0.3) is 0 Å². The second-order valence-electron chi connectivity index (χ2n) is 4.71. The number of hydrogen-bond acceptors (Lipinski definition) is 2. The van der Waals surface area contributed by atoms with Crippen LogP contribution in [0.15, 0.2) is 16.6 Å². The van der Waals surface area contributed by atoms with Crippen molar-refractivity contribution in [3.05, 3.63) is 28.0 Å². The molecule has 0 heterocycles. The molecule has 116 valence electrons.